The summed E-state index contributed by atoms with van der Waals surface area (Å²) >= 11 is 6.40. The number of hydrogen-bond donors (Lipinski definition) is 2. The summed E-state index contributed by atoms with van der Waals surface area (Å²) in [6, 6.07) is 4.67. The Morgan fingerprint density at radius 3 is 2.78 bits per heavy atom. The maximum Gasteiger partial charge on any atom is 0.0645 e. The Hall–Kier alpha value is -0.770. The van der Waals surface area contributed by atoms with Crippen molar-refractivity contribution in [3.8, 4) is 0 Å². The Balaban J connectivity index is 2.34. The molecule has 0 spiro atoms. The van der Waals surface area contributed by atoms with E-state index in [1.54, 1.807) is 0 Å². The van der Waals surface area contributed by atoms with E-state index < -0.39 is 0 Å². The van der Waals surface area contributed by atoms with Crippen molar-refractivity contribution in [2.75, 3.05) is 24.6 Å². The van der Waals surface area contributed by atoms with Crippen molar-refractivity contribution in [3.05, 3.63) is 28.3 Å². The molecule has 0 aromatic heterocycles. The van der Waals surface area contributed by atoms with Crippen LogP contribution in [0.25, 0.3) is 0 Å². The largest absolute Gasteiger partial charge is 0.395 e. The standard InChI is InChI=1S/C14H21ClN2O/c1-9-4-10(2)14(13(15)5-9)17-7-12(8-18)16-6-11(17)3/h4-5,11-12,16,18H,6-8H2,1-3H3. The van der Waals surface area contributed by atoms with Crippen LogP contribution >= 0.6 is 11.6 Å². The van der Waals surface area contributed by atoms with Crippen molar-refractivity contribution >= 4 is 17.3 Å². The minimum Gasteiger partial charge on any atom is -0.395 e. The first-order valence-corrected chi connectivity index (χ1v) is 6.78. The van der Waals surface area contributed by atoms with Crippen molar-refractivity contribution in [1.29, 1.82) is 0 Å². The lowest BCUT2D eigenvalue weighted by Gasteiger charge is -2.41. The lowest BCUT2D eigenvalue weighted by Crippen LogP contribution is -2.57. The van der Waals surface area contributed by atoms with E-state index in [1.807, 2.05) is 6.07 Å². The predicted molar refractivity (Wildman–Crippen MR) is 76.6 cm³/mol. The van der Waals surface area contributed by atoms with Crippen molar-refractivity contribution in [2.24, 2.45) is 0 Å². The molecule has 1 aromatic carbocycles. The monoisotopic (exact) mass is 268 g/mol. The number of benzene rings is 1. The molecule has 3 nitrogen and oxygen atoms in total. The molecule has 1 aliphatic rings. The molecular weight excluding hydrogens is 248 g/mol. The van der Waals surface area contributed by atoms with Crippen molar-refractivity contribution in [1.82, 2.24) is 5.32 Å². The Kier molecular flexibility index (Phi) is 4.15. The number of anilines is 1. The molecule has 2 atom stereocenters. The molecule has 100 valence electrons. The third-order valence-electron chi connectivity index (χ3n) is 3.56. The van der Waals surface area contributed by atoms with Gasteiger partial charge in [-0.3, -0.25) is 0 Å². The number of nitrogens with one attached hydrogen (secondary N) is 1. The highest BCUT2D eigenvalue weighted by molar-refractivity contribution is 6.33. The van der Waals surface area contributed by atoms with Crippen LogP contribution in [0.5, 0.6) is 0 Å². The molecular formula is C14H21ClN2O. The van der Waals surface area contributed by atoms with Crippen LogP contribution in [0.1, 0.15) is 18.1 Å². The Morgan fingerprint density at radius 1 is 1.44 bits per heavy atom. The SMILES string of the molecule is Cc1cc(C)c(N2CC(CO)NCC2C)c(Cl)c1. The maximum absolute atomic E-state index is 9.30. The molecule has 2 unspecified atom stereocenters. The number of hydrogen-bond acceptors (Lipinski definition) is 3. The molecule has 1 aliphatic heterocycles. The summed E-state index contributed by atoms with van der Waals surface area (Å²) in [5.74, 6) is 0. The van der Waals surface area contributed by atoms with Crippen LogP contribution in [0.4, 0.5) is 5.69 Å². The fourth-order valence-corrected chi connectivity index (χ4v) is 3.06. The molecule has 1 aromatic rings. The van der Waals surface area contributed by atoms with Crippen LogP contribution in [0, 0.1) is 13.8 Å². The lowest BCUT2D eigenvalue weighted by atomic mass is 10.0. The number of aliphatic hydroxyl groups is 1. The first kappa shape index (κ1) is 13.7. The number of piperazine rings is 1. The predicted octanol–water partition coefficient (Wildman–Crippen LogP) is 2.12. The second kappa shape index (κ2) is 5.47. The Bertz CT molecular complexity index is 413. The molecule has 0 aliphatic carbocycles. The third-order valence-corrected chi connectivity index (χ3v) is 3.85. The second-order valence-electron chi connectivity index (χ2n) is 5.20. The number of aryl methyl sites for hydroxylation is 2. The Morgan fingerprint density at radius 2 is 2.17 bits per heavy atom. The van der Waals surface area contributed by atoms with Crippen LogP contribution in [-0.4, -0.2) is 36.9 Å². The van der Waals surface area contributed by atoms with Crippen LogP contribution in [0.2, 0.25) is 5.02 Å². The fraction of sp³-hybridized carbons (Fsp3) is 0.571. The van der Waals surface area contributed by atoms with Gasteiger partial charge < -0.3 is 15.3 Å². The van der Waals surface area contributed by atoms with Gasteiger partial charge in [-0.1, -0.05) is 17.7 Å². The highest BCUT2D eigenvalue weighted by Gasteiger charge is 2.27. The van der Waals surface area contributed by atoms with Crippen molar-refractivity contribution in [2.45, 2.75) is 32.9 Å². The number of aliphatic hydroxyl groups excluding tert-OH is 1. The minimum absolute atomic E-state index is 0.123. The normalized spacial score (nSPS) is 24.4. The summed E-state index contributed by atoms with van der Waals surface area (Å²) in [5.41, 5.74) is 3.49. The summed E-state index contributed by atoms with van der Waals surface area (Å²) in [6.07, 6.45) is 0. The summed E-state index contributed by atoms with van der Waals surface area (Å²) < 4.78 is 0. The fourth-order valence-electron chi connectivity index (χ4n) is 2.64. The summed E-state index contributed by atoms with van der Waals surface area (Å²) in [7, 11) is 0. The summed E-state index contributed by atoms with van der Waals surface area (Å²) in [4.78, 5) is 2.30. The first-order chi connectivity index (χ1) is 8.52. The summed E-state index contributed by atoms with van der Waals surface area (Å²) in [6.45, 7) is 8.15. The molecule has 1 heterocycles. The van der Waals surface area contributed by atoms with Gasteiger partial charge in [0.2, 0.25) is 0 Å². The van der Waals surface area contributed by atoms with Gasteiger partial charge in [-0.05, 0) is 38.0 Å². The van der Waals surface area contributed by atoms with E-state index in [1.165, 1.54) is 11.1 Å². The zero-order valence-corrected chi connectivity index (χ0v) is 12.0. The third kappa shape index (κ3) is 2.63. The Labute approximate surface area is 114 Å². The molecule has 2 N–H and O–H groups in total. The molecule has 0 radical (unpaired) electrons. The van der Waals surface area contributed by atoms with Gasteiger partial charge in [-0.15, -0.1) is 0 Å². The van der Waals surface area contributed by atoms with Crippen molar-refractivity contribution in [3.63, 3.8) is 0 Å². The number of halogens is 1. The minimum atomic E-state index is 0.123. The highest BCUT2D eigenvalue weighted by atomic mass is 35.5. The molecule has 1 fully saturated rings. The first-order valence-electron chi connectivity index (χ1n) is 6.40. The average molecular weight is 269 g/mol. The molecule has 4 heteroatoms. The van der Waals surface area contributed by atoms with E-state index >= 15 is 0 Å². The zero-order chi connectivity index (χ0) is 13.3. The zero-order valence-electron chi connectivity index (χ0n) is 11.2. The topological polar surface area (TPSA) is 35.5 Å². The molecule has 1 saturated heterocycles. The van der Waals surface area contributed by atoms with Crippen molar-refractivity contribution < 1.29 is 5.11 Å². The van der Waals surface area contributed by atoms with Crippen LogP contribution in [0.15, 0.2) is 12.1 Å². The van der Waals surface area contributed by atoms with Gasteiger partial charge >= 0.3 is 0 Å². The average Bonchev–Trinajstić information content (AvgIpc) is 2.30. The lowest BCUT2D eigenvalue weighted by molar-refractivity contribution is 0.227. The molecule has 0 bridgehead atoms. The quantitative estimate of drug-likeness (QED) is 0.863. The van der Waals surface area contributed by atoms with Crippen LogP contribution in [-0.2, 0) is 0 Å². The van der Waals surface area contributed by atoms with Gasteiger partial charge in [0, 0.05) is 25.2 Å². The van der Waals surface area contributed by atoms with Crippen LogP contribution in [0.3, 0.4) is 0 Å². The van der Waals surface area contributed by atoms with Crippen LogP contribution < -0.4 is 10.2 Å². The molecule has 18 heavy (non-hydrogen) atoms. The number of nitrogens with zero attached hydrogens (tertiary/aromatic N) is 1. The molecule has 2 rings (SSSR count). The molecule has 0 saturated carbocycles. The van der Waals surface area contributed by atoms with E-state index in [9.17, 15) is 5.11 Å². The van der Waals surface area contributed by atoms with Gasteiger partial charge in [0.15, 0.2) is 0 Å². The van der Waals surface area contributed by atoms with E-state index in [0.717, 1.165) is 23.8 Å². The second-order valence-corrected chi connectivity index (χ2v) is 5.61. The van der Waals surface area contributed by atoms with E-state index in [0.29, 0.717) is 6.04 Å². The number of rotatable bonds is 2. The van der Waals surface area contributed by atoms with E-state index in [4.69, 9.17) is 11.6 Å². The summed E-state index contributed by atoms with van der Waals surface area (Å²) in [5, 5.41) is 13.4. The van der Waals surface area contributed by atoms with E-state index in [2.05, 4.69) is 37.1 Å². The van der Waals surface area contributed by atoms with Gasteiger partial charge in [-0.2, -0.15) is 0 Å². The highest BCUT2D eigenvalue weighted by Crippen LogP contribution is 2.33. The van der Waals surface area contributed by atoms with Gasteiger partial charge in [0.05, 0.1) is 17.3 Å². The van der Waals surface area contributed by atoms with Gasteiger partial charge in [0.25, 0.3) is 0 Å². The smallest absolute Gasteiger partial charge is 0.0645 e. The van der Waals surface area contributed by atoms with E-state index in [-0.39, 0.29) is 12.6 Å². The van der Waals surface area contributed by atoms with Gasteiger partial charge in [-0.25, -0.2) is 0 Å². The van der Waals surface area contributed by atoms with Gasteiger partial charge in [0.1, 0.15) is 0 Å². The maximum atomic E-state index is 9.30. The molecule has 0 amide bonds.